The smallest absolute Gasteiger partial charge is 0.322 e. The van der Waals surface area contributed by atoms with E-state index in [1.54, 1.807) is 60.7 Å². The zero-order valence-corrected chi connectivity index (χ0v) is 19.1. The molecule has 0 spiro atoms. The Balaban J connectivity index is 1.70. The van der Waals surface area contributed by atoms with Crippen molar-refractivity contribution in [1.29, 1.82) is 0 Å². The number of esters is 2. The van der Waals surface area contributed by atoms with Crippen LogP contribution in [0.3, 0.4) is 0 Å². The molecule has 2 aliphatic rings. The van der Waals surface area contributed by atoms with Crippen LogP contribution in [0.25, 0.3) is 0 Å². The highest BCUT2D eigenvalue weighted by molar-refractivity contribution is 6.31. The first-order chi connectivity index (χ1) is 16.3. The summed E-state index contributed by atoms with van der Waals surface area (Å²) in [6, 6.07) is 16.4. The molecule has 34 heavy (non-hydrogen) atoms. The Morgan fingerprint density at radius 1 is 0.706 bits per heavy atom. The van der Waals surface area contributed by atoms with E-state index in [9.17, 15) is 19.2 Å². The average Bonchev–Trinajstić information content (AvgIpc) is 2.80. The van der Waals surface area contributed by atoms with Gasteiger partial charge < -0.3 is 9.47 Å². The maximum Gasteiger partial charge on any atom is 0.322 e. The molecule has 6 nitrogen and oxygen atoms in total. The second-order valence-electron chi connectivity index (χ2n) is 8.57. The van der Waals surface area contributed by atoms with Gasteiger partial charge in [-0.1, -0.05) is 53.1 Å². The van der Waals surface area contributed by atoms with Crippen molar-refractivity contribution in [3.8, 4) is 11.5 Å². The van der Waals surface area contributed by atoms with Crippen molar-refractivity contribution in [2.45, 2.75) is 19.8 Å². The number of Topliss-reactive ketones (excluding diaryl/α,β-unsaturated/α-hetero) is 2. The van der Waals surface area contributed by atoms with Crippen LogP contribution in [0.5, 0.6) is 11.5 Å². The van der Waals surface area contributed by atoms with Crippen LogP contribution >= 0.6 is 11.6 Å². The fraction of sp³-hybridized carbons (Fsp3) is 0.185. The van der Waals surface area contributed by atoms with E-state index in [1.807, 2.05) is 13.8 Å². The second kappa shape index (κ2) is 8.22. The molecular formula is C27H19ClO6. The minimum absolute atomic E-state index is 0.147. The van der Waals surface area contributed by atoms with Gasteiger partial charge >= 0.3 is 11.9 Å². The molecule has 5 rings (SSSR count). The third kappa shape index (κ3) is 3.51. The summed E-state index contributed by atoms with van der Waals surface area (Å²) in [5.41, 5.74) is 2.36. The van der Waals surface area contributed by atoms with Gasteiger partial charge in [-0.15, -0.1) is 0 Å². The minimum atomic E-state index is -1.46. The maximum absolute atomic E-state index is 13.7. The number of halogens is 1. The number of ether oxygens (including phenoxy) is 2. The van der Waals surface area contributed by atoms with Crippen LogP contribution in [0.2, 0.25) is 5.02 Å². The van der Waals surface area contributed by atoms with E-state index in [0.29, 0.717) is 5.56 Å². The summed E-state index contributed by atoms with van der Waals surface area (Å²) in [6.45, 7) is 3.62. The van der Waals surface area contributed by atoms with Crippen molar-refractivity contribution in [1.82, 2.24) is 0 Å². The fourth-order valence-corrected chi connectivity index (χ4v) is 4.92. The number of hydrogen-bond donors (Lipinski definition) is 0. The highest BCUT2D eigenvalue weighted by atomic mass is 35.5. The van der Waals surface area contributed by atoms with E-state index in [1.165, 1.54) is 0 Å². The van der Waals surface area contributed by atoms with Gasteiger partial charge in [0.15, 0.2) is 11.6 Å². The van der Waals surface area contributed by atoms with Crippen LogP contribution in [0.1, 0.15) is 43.3 Å². The Morgan fingerprint density at radius 2 is 1.18 bits per heavy atom. The van der Waals surface area contributed by atoms with E-state index < -0.39 is 41.3 Å². The summed E-state index contributed by atoms with van der Waals surface area (Å²) in [5, 5.41) is 0.221. The van der Waals surface area contributed by atoms with Crippen LogP contribution in [-0.2, 0) is 9.59 Å². The lowest BCUT2D eigenvalue weighted by molar-refractivity contribution is -0.142. The molecule has 2 aliphatic heterocycles. The van der Waals surface area contributed by atoms with Gasteiger partial charge in [0.1, 0.15) is 23.3 Å². The molecule has 0 fully saturated rings. The summed E-state index contributed by atoms with van der Waals surface area (Å²) >= 11 is 6.47. The predicted octanol–water partition coefficient (Wildman–Crippen LogP) is 4.88. The second-order valence-corrected chi connectivity index (χ2v) is 8.98. The van der Waals surface area contributed by atoms with Crippen molar-refractivity contribution in [3.63, 3.8) is 0 Å². The number of hydrogen-bond acceptors (Lipinski definition) is 6. The molecule has 3 aromatic carbocycles. The molecule has 170 valence electrons. The van der Waals surface area contributed by atoms with Gasteiger partial charge in [0.25, 0.3) is 0 Å². The number of benzene rings is 3. The number of aryl methyl sites for hydroxylation is 2. The molecule has 7 heteroatoms. The Kier molecular flexibility index (Phi) is 5.33. The topological polar surface area (TPSA) is 86.7 Å². The first kappa shape index (κ1) is 22.0. The van der Waals surface area contributed by atoms with Crippen LogP contribution in [0.4, 0.5) is 0 Å². The fourth-order valence-electron chi connectivity index (χ4n) is 4.66. The number of rotatable bonds is 3. The van der Waals surface area contributed by atoms with E-state index in [0.717, 1.165) is 11.1 Å². The molecule has 0 saturated carbocycles. The van der Waals surface area contributed by atoms with Crippen molar-refractivity contribution in [2.75, 3.05) is 0 Å². The van der Waals surface area contributed by atoms with Crippen LogP contribution in [0, 0.1) is 25.7 Å². The quantitative estimate of drug-likeness (QED) is 0.305. The first-order valence-corrected chi connectivity index (χ1v) is 11.1. The molecule has 3 aromatic rings. The van der Waals surface area contributed by atoms with Gasteiger partial charge in [0.05, 0.1) is 11.1 Å². The Hall–Kier alpha value is -3.77. The van der Waals surface area contributed by atoms with Crippen molar-refractivity contribution < 1.29 is 28.7 Å². The van der Waals surface area contributed by atoms with Crippen molar-refractivity contribution in [3.05, 3.63) is 93.5 Å². The van der Waals surface area contributed by atoms with E-state index in [2.05, 4.69) is 0 Å². The predicted molar refractivity (Wildman–Crippen MR) is 123 cm³/mol. The highest BCUT2D eigenvalue weighted by Gasteiger charge is 2.52. The molecule has 0 aromatic heterocycles. The minimum Gasteiger partial charge on any atom is -0.425 e. The summed E-state index contributed by atoms with van der Waals surface area (Å²) in [6.07, 6.45) is 0. The zero-order valence-electron chi connectivity index (χ0n) is 18.3. The molecule has 0 saturated heterocycles. The van der Waals surface area contributed by atoms with E-state index >= 15 is 0 Å². The van der Waals surface area contributed by atoms with Crippen molar-refractivity contribution >= 4 is 35.1 Å². The lowest BCUT2D eigenvalue weighted by Crippen LogP contribution is -2.46. The molecule has 2 atom stereocenters. The first-order valence-electron chi connectivity index (χ1n) is 10.7. The van der Waals surface area contributed by atoms with Gasteiger partial charge in [-0.25, -0.2) is 0 Å². The van der Waals surface area contributed by atoms with Crippen LogP contribution < -0.4 is 9.47 Å². The van der Waals surface area contributed by atoms with Crippen LogP contribution in [0.15, 0.2) is 60.7 Å². The van der Waals surface area contributed by atoms with Crippen molar-refractivity contribution in [2.24, 2.45) is 11.8 Å². The van der Waals surface area contributed by atoms with Gasteiger partial charge in [-0.05, 0) is 49.7 Å². The molecule has 0 amide bonds. The largest absolute Gasteiger partial charge is 0.425 e. The Morgan fingerprint density at radius 3 is 1.65 bits per heavy atom. The van der Waals surface area contributed by atoms with Gasteiger partial charge in [-0.2, -0.15) is 0 Å². The molecule has 0 radical (unpaired) electrons. The lowest BCUT2D eigenvalue weighted by Gasteiger charge is -2.35. The van der Waals surface area contributed by atoms with Gasteiger partial charge in [0.2, 0.25) is 0 Å². The average molecular weight is 475 g/mol. The SMILES string of the molecule is Cc1ccc2c(c1)C(=O)C(C(c1ccccc1Cl)C1C(=O)Oc3ccc(C)cc3C1=O)C(=O)O2. The van der Waals surface area contributed by atoms with E-state index in [4.69, 9.17) is 21.1 Å². The highest BCUT2D eigenvalue weighted by Crippen LogP contribution is 2.45. The monoisotopic (exact) mass is 474 g/mol. The molecule has 2 heterocycles. The summed E-state index contributed by atoms with van der Waals surface area (Å²) < 4.78 is 11.0. The number of ketones is 2. The standard InChI is InChI=1S/C27H19ClO6/c1-13-7-9-19-16(11-13)24(29)22(26(31)33-19)21(15-5-3-4-6-18(15)28)23-25(30)17-12-14(2)8-10-20(17)34-27(23)32/h3-12,21-23H,1-2H3. The molecule has 2 unspecified atom stereocenters. The third-order valence-electron chi connectivity index (χ3n) is 6.28. The van der Waals surface area contributed by atoms with Gasteiger partial charge in [0, 0.05) is 10.9 Å². The van der Waals surface area contributed by atoms with E-state index in [-0.39, 0.29) is 27.6 Å². The van der Waals surface area contributed by atoms with Gasteiger partial charge in [-0.3, -0.25) is 19.2 Å². The molecule has 0 aliphatic carbocycles. The maximum atomic E-state index is 13.7. The Labute approximate surface area is 200 Å². The number of carbonyl (C=O) groups excluding carboxylic acids is 4. The summed E-state index contributed by atoms with van der Waals surface area (Å²) in [7, 11) is 0. The number of carbonyl (C=O) groups is 4. The summed E-state index contributed by atoms with van der Waals surface area (Å²) in [5.74, 6) is -6.59. The zero-order chi connectivity index (χ0) is 24.1. The number of fused-ring (bicyclic) bond motifs is 2. The Bertz CT molecular complexity index is 1310. The molecular weight excluding hydrogens is 456 g/mol. The summed E-state index contributed by atoms with van der Waals surface area (Å²) in [4.78, 5) is 53.7. The third-order valence-corrected chi connectivity index (χ3v) is 6.62. The molecule has 0 N–H and O–H groups in total. The normalized spacial score (nSPS) is 20.2. The molecule has 0 bridgehead atoms. The van der Waals surface area contributed by atoms with Crippen LogP contribution in [-0.4, -0.2) is 23.5 Å². The lowest BCUT2D eigenvalue weighted by atomic mass is 9.70.